The van der Waals surface area contributed by atoms with Crippen LogP contribution >= 0.6 is 27.3 Å². The molecule has 0 radical (unpaired) electrons. The van der Waals surface area contributed by atoms with E-state index in [-0.39, 0.29) is 6.04 Å². The number of thiophene rings is 1. The van der Waals surface area contributed by atoms with E-state index in [0.717, 1.165) is 14.9 Å². The number of rotatable bonds is 3. The topological polar surface area (TPSA) is 50.9 Å². The Labute approximate surface area is 113 Å². The molecule has 0 amide bonds. The van der Waals surface area contributed by atoms with Crippen molar-refractivity contribution in [1.82, 2.24) is 10.3 Å². The van der Waals surface area contributed by atoms with Crippen molar-refractivity contribution in [2.45, 2.75) is 13.0 Å². The average Bonchev–Trinajstić information content (AvgIpc) is 2.70. The van der Waals surface area contributed by atoms with E-state index in [4.69, 9.17) is 5.73 Å². The lowest BCUT2D eigenvalue weighted by Gasteiger charge is -2.18. The number of anilines is 1. The van der Waals surface area contributed by atoms with Gasteiger partial charge in [0.1, 0.15) is 5.82 Å². The number of aryl methyl sites for hydroxylation is 1. The number of nitrogens with one attached hydrogen (secondary N) is 1. The maximum absolute atomic E-state index is 5.98. The minimum atomic E-state index is 0.0972. The first-order valence-corrected chi connectivity index (χ1v) is 6.88. The fourth-order valence-electron chi connectivity index (χ4n) is 1.88. The molecule has 1 unspecified atom stereocenters. The molecule has 0 saturated heterocycles. The van der Waals surface area contributed by atoms with Gasteiger partial charge < -0.3 is 11.1 Å². The van der Waals surface area contributed by atoms with E-state index < -0.39 is 0 Å². The van der Waals surface area contributed by atoms with Crippen molar-refractivity contribution in [3.63, 3.8) is 0 Å². The van der Waals surface area contributed by atoms with Crippen LogP contribution in [-0.4, -0.2) is 12.0 Å². The Hall–Kier alpha value is -0.910. The van der Waals surface area contributed by atoms with E-state index >= 15 is 0 Å². The predicted octanol–water partition coefficient (Wildman–Crippen LogP) is 3.11. The van der Waals surface area contributed by atoms with E-state index in [1.54, 1.807) is 17.5 Å². The van der Waals surface area contributed by atoms with E-state index in [9.17, 15) is 0 Å². The molecule has 3 nitrogen and oxygen atoms in total. The molecule has 0 aliphatic carbocycles. The molecule has 2 heterocycles. The lowest BCUT2D eigenvalue weighted by atomic mass is 10.0. The van der Waals surface area contributed by atoms with Gasteiger partial charge in [-0.25, -0.2) is 4.98 Å². The summed E-state index contributed by atoms with van der Waals surface area (Å²) in [4.78, 5) is 5.40. The van der Waals surface area contributed by atoms with Crippen molar-refractivity contribution in [2.24, 2.45) is 0 Å². The van der Waals surface area contributed by atoms with Gasteiger partial charge in [0, 0.05) is 16.6 Å². The standard InChI is InChI=1S/C12H14BrN3S/c1-7-5-6-16-12(14)10(7)11(15-2)8-3-4-9(13)17-8/h3-6,11,15H,1-2H3,(H2,14,16). The van der Waals surface area contributed by atoms with Crippen LogP contribution in [0.1, 0.15) is 22.0 Å². The number of hydrogen-bond donors (Lipinski definition) is 2. The summed E-state index contributed by atoms with van der Waals surface area (Å²) in [6, 6.07) is 6.23. The van der Waals surface area contributed by atoms with Gasteiger partial charge in [0.15, 0.2) is 0 Å². The molecular formula is C12H14BrN3S. The van der Waals surface area contributed by atoms with Crippen LogP contribution in [0.4, 0.5) is 5.82 Å². The average molecular weight is 312 g/mol. The molecule has 0 spiro atoms. The van der Waals surface area contributed by atoms with Gasteiger partial charge in [-0.1, -0.05) is 0 Å². The maximum Gasteiger partial charge on any atom is 0.128 e. The molecule has 90 valence electrons. The van der Waals surface area contributed by atoms with Crippen LogP contribution in [0, 0.1) is 6.92 Å². The molecule has 1 atom stereocenters. The summed E-state index contributed by atoms with van der Waals surface area (Å²) in [6.07, 6.45) is 1.74. The van der Waals surface area contributed by atoms with Crippen LogP contribution in [0.25, 0.3) is 0 Å². The number of nitrogens with two attached hydrogens (primary N) is 1. The van der Waals surface area contributed by atoms with Gasteiger partial charge in [-0.2, -0.15) is 0 Å². The van der Waals surface area contributed by atoms with Gasteiger partial charge in [0.2, 0.25) is 0 Å². The zero-order valence-electron chi connectivity index (χ0n) is 9.70. The molecule has 5 heteroatoms. The largest absolute Gasteiger partial charge is 0.383 e. The predicted molar refractivity (Wildman–Crippen MR) is 76.3 cm³/mol. The van der Waals surface area contributed by atoms with Crippen molar-refractivity contribution in [1.29, 1.82) is 0 Å². The highest BCUT2D eigenvalue weighted by Gasteiger charge is 2.19. The Balaban J connectivity index is 2.49. The molecule has 0 aliphatic rings. The lowest BCUT2D eigenvalue weighted by molar-refractivity contribution is 0.699. The van der Waals surface area contributed by atoms with Crippen LogP contribution in [0.5, 0.6) is 0 Å². The highest BCUT2D eigenvalue weighted by molar-refractivity contribution is 9.11. The molecule has 0 fully saturated rings. The van der Waals surface area contributed by atoms with Crippen molar-refractivity contribution in [2.75, 3.05) is 12.8 Å². The Morgan fingerprint density at radius 2 is 2.18 bits per heavy atom. The summed E-state index contributed by atoms with van der Waals surface area (Å²) in [5.74, 6) is 0.592. The zero-order valence-corrected chi connectivity index (χ0v) is 12.1. The smallest absolute Gasteiger partial charge is 0.128 e. The first-order chi connectivity index (χ1) is 8.13. The SMILES string of the molecule is CNC(c1ccc(Br)s1)c1c(C)ccnc1N. The monoisotopic (exact) mass is 311 g/mol. The number of halogens is 1. The van der Waals surface area contributed by atoms with Crippen LogP contribution in [0.15, 0.2) is 28.2 Å². The quantitative estimate of drug-likeness (QED) is 0.915. The summed E-state index contributed by atoms with van der Waals surface area (Å²) in [7, 11) is 1.93. The molecular weight excluding hydrogens is 298 g/mol. The Morgan fingerprint density at radius 3 is 2.71 bits per heavy atom. The molecule has 2 rings (SSSR count). The molecule has 0 saturated carbocycles. The summed E-state index contributed by atoms with van der Waals surface area (Å²) >= 11 is 5.19. The molecule has 3 N–H and O–H groups in total. The van der Waals surface area contributed by atoms with Crippen molar-refractivity contribution < 1.29 is 0 Å². The van der Waals surface area contributed by atoms with Crippen LogP contribution < -0.4 is 11.1 Å². The number of nitrogens with zero attached hydrogens (tertiary/aromatic N) is 1. The van der Waals surface area contributed by atoms with E-state index in [2.05, 4.69) is 39.2 Å². The normalized spacial score (nSPS) is 12.6. The van der Waals surface area contributed by atoms with Gasteiger partial charge in [-0.05, 0) is 53.7 Å². The van der Waals surface area contributed by atoms with Gasteiger partial charge in [0.25, 0.3) is 0 Å². The van der Waals surface area contributed by atoms with Crippen LogP contribution in [-0.2, 0) is 0 Å². The highest BCUT2D eigenvalue weighted by Crippen LogP contribution is 2.34. The zero-order chi connectivity index (χ0) is 12.4. The first-order valence-electron chi connectivity index (χ1n) is 5.27. The molecule has 0 bridgehead atoms. The molecule has 2 aromatic heterocycles. The van der Waals surface area contributed by atoms with E-state index in [1.807, 2.05) is 19.2 Å². The number of nitrogen functional groups attached to an aromatic ring is 1. The molecule has 0 aliphatic heterocycles. The Kier molecular flexibility index (Phi) is 3.81. The third-order valence-corrected chi connectivity index (χ3v) is 4.38. The van der Waals surface area contributed by atoms with Gasteiger partial charge in [0.05, 0.1) is 9.83 Å². The second-order valence-electron chi connectivity index (χ2n) is 3.79. The maximum atomic E-state index is 5.98. The van der Waals surface area contributed by atoms with Gasteiger partial charge in [-0.3, -0.25) is 0 Å². The van der Waals surface area contributed by atoms with Crippen molar-refractivity contribution in [3.05, 3.63) is 44.2 Å². The second kappa shape index (κ2) is 5.16. The number of hydrogen-bond acceptors (Lipinski definition) is 4. The fourth-order valence-corrected chi connectivity index (χ4v) is 3.42. The van der Waals surface area contributed by atoms with E-state index in [0.29, 0.717) is 5.82 Å². The molecule has 0 aromatic carbocycles. The summed E-state index contributed by atoms with van der Waals surface area (Å²) < 4.78 is 1.12. The number of aromatic nitrogens is 1. The van der Waals surface area contributed by atoms with Gasteiger partial charge in [-0.15, -0.1) is 11.3 Å². The van der Waals surface area contributed by atoms with Crippen LogP contribution in [0.2, 0.25) is 0 Å². The highest BCUT2D eigenvalue weighted by atomic mass is 79.9. The Morgan fingerprint density at radius 1 is 1.41 bits per heavy atom. The summed E-state index contributed by atoms with van der Waals surface area (Å²) in [5.41, 5.74) is 8.20. The number of pyridine rings is 1. The Bertz CT molecular complexity index is 504. The second-order valence-corrected chi connectivity index (χ2v) is 6.28. The van der Waals surface area contributed by atoms with Gasteiger partial charge >= 0.3 is 0 Å². The first kappa shape index (κ1) is 12.5. The third-order valence-electron chi connectivity index (χ3n) is 2.69. The van der Waals surface area contributed by atoms with Crippen LogP contribution in [0.3, 0.4) is 0 Å². The van der Waals surface area contributed by atoms with E-state index in [1.165, 1.54) is 4.88 Å². The van der Waals surface area contributed by atoms with Crippen molar-refractivity contribution in [3.8, 4) is 0 Å². The summed E-state index contributed by atoms with van der Waals surface area (Å²) in [6.45, 7) is 2.06. The molecule has 17 heavy (non-hydrogen) atoms. The fraction of sp³-hybridized carbons (Fsp3) is 0.250. The molecule has 2 aromatic rings. The third kappa shape index (κ3) is 2.51. The minimum absolute atomic E-state index is 0.0972. The lowest BCUT2D eigenvalue weighted by Crippen LogP contribution is -2.19. The minimum Gasteiger partial charge on any atom is -0.383 e. The summed E-state index contributed by atoms with van der Waals surface area (Å²) in [5, 5.41) is 3.30. The van der Waals surface area contributed by atoms with Crippen molar-refractivity contribution >= 4 is 33.1 Å².